The zero-order valence-electron chi connectivity index (χ0n) is 10.6. The summed E-state index contributed by atoms with van der Waals surface area (Å²) >= 11 is 11.8. The molecular formula is C16H13Cl2NO. The zero-order chi connectivity index (χ0) is 14.6. The molecule has 0 aliphatic carbocycles. The predicted octanol–water partition coefficient (Wildman–Crippen LogP) is 3.88. The van der Waals surface area contributed by atoms with Crippen LogP contribution in [-0.4, -0.2) is 15.5 Å². The number of halogens is 2. The molecule has 0 aromatic heterocycles. The Morgan fingerprint density at radius 3 is 1.65 bits per heavy atom. The van der Waals surface area contributed by atoms with E-state index < -0.39 is 16.4 Å². The fourth-order valence-electron chi connectivity index (χ4n) is 2.15. The second kappa shape index (κ2) is 6.28. The van der Waals surface area contributed by atoms with Crippen LogP contribution >= 0.6 is 23.2 Å². The number of nitriles is 1. The molecule has 0 aliphatic rings. The van der Waals surface area contributed by atoms with Gasteiger partial charge in [0.05, 0.1) is 0 Å². The molecule has 102 valence electrons. The molecule has 0 saturated heterocycles. The van der Waals surface area contributed by atoms with E-state index in [1.807, 2.05) is 60.7 Å². The van der Waals surface area contributed by atoms with E-state index in [4.69, 9.17) is 28.5 Å². The van der Waals surface area contributed by atoms with E-state index in [2.05, 4.69) is 0 Å². The van der Waals surface area contributed by atoms with E-state index in [-0.39, 0.29) is 0 Å². The van der Waals surface area contributed by atoms with Crippen molar-refractivity contribution in [3.05, 3.63) is 71.8 Å². The van der Waals surface area contributed by atoms with Crippen molar-refractivity contribution in [2.45, 2.75) is 16.4 Å². The summed E-state index contributed by atoms with van der Waals surface area (Å²) < 4.78 is -1.86. The number of hydrogen-bond donors (Lipinski definition) is 1. The van der Waals surface area contributed by atoms with Crippen molar-refractivity contribution >= 4 is 23.2 Å². The summed E-state index contributed by atoms with van der Waals surface area (Å²) in [5.74, 6) is -0.466. The van der Waals surface area contributed by atoms with Gasteiger partial charge in [0.25, 0.3) is 0 Å². The predicted molar refractivity (Wildman–Crippen MR) is 80.8 cm³/mol. The minimum absolute atomic E-state index is 0.466. The van der Waals surface area contributed by atoms with Crippen LogP contribution in [0.15, 0.2) is 60.7 Å². The smallest absolute Gasteiger partial charge is 0.229 e. The van der Waals surface area contributed by atoms with Gasteiger partial charge in [-0.05, 0) is 11.1 Å². The number of rotatable bonds is 4. The third kappa shape index (κ3) is 3.13. The Balaban J connectivity index is 2.49. The molecule has 2 aromatic carbocycles. The molecule has 0 radical (unpaired) electrons. The van der Waals surface area contributed by atoms with Crippen molar-refractivity contribution in [3.63, 3.8) is 0 Å². The number of nitrogens with zero attached hydrogens (tertiary/aromatic N) is 1. The van der Waals surface area contributed by atoms with Crippen LogP contribution in [0.3, 0.4) is 0 Å². The highest BCUT2D eigenvalue weighted by molar-refractivity contribution is 6.51. The van der Waals surface area contributed by atoms with E-state index in [1.54, 1.807) is 6.07 Å². The molecule has 1 atom stereocenters. The maximum Gasteiger partial charge on any atom is 0.229 e. The lowest BCUT2D eigenvalue weighted by Crippen LogP contribution is -2.35. The molecule has 1 N–H and O–H groups in total. The maximum atomic E-state index is 10.5. The summed E-state index contributed by atoms with van der Waals surface area (Å²) in [5, 5.41) is 19.5. The summed E-state index contributed by atoms with van der Waals surface area (Å²) in [6.45, 7) is 0. The number of aliphatic hydroxyl groups excluding tert-OH is 1. The summed E-state index contributed by atoms with van der Waals surface area (Å²) in [7, 11) is 0. The standard InChI is InChI=1S/C16H13Cl2NO/c17-16(18,11-19)15(20)14(12-7-3-1-4-8-12)13-9-5-2-6-10-13/h1-10,14-15,20H. The molecule has 0 aliphatic heterocycles. The van der Waals surface area contributed by atoms with Crippen LogP contribution in [0.4, 0.5) is 0 Å². The lowest BCUT2D eigenvalue weighted by Gasteiger charge is -2.28. The van der Waals surface area contributed by atoms with E-state index in [1.165, 1.54) is 0 Å². The number of benzene rings is 2. The molecule has 0 fully saturated rings. The Morgan fingerprint density at radius 1 is 0.900 bits per heavy atom. The number of aliphatic hydroxyl groups is 1. The highest BCUT2D eigenvalue weighted by Crippen LogP contribution is 2.38. The zero-order valence-corrected chi connectivity index (χ0v) is 12.1. The first-order chi connectivity index (χ1) is 9.56. The van der Waals surface area contributed by atoms with Crippen LogP contribution in [0.25, 0.3) is 0 Å². The van der Waals surface area contributed by atoms with Gasteiger partial charge in [0, 0.05) is 5.92 Å². The second-order valence-corrected chi connectivity index (χ2v) is 5.86. The fourth-order valence-corrected chi connectivity index (χ4v) is 2.41. The van der Waals surface area contributed by atoms with Crippen molar-refractivity contribution < 1.29 is 5.11 Å². The van der Waals surface area contributed by atoms with Gasteiger partial charge < -0.3 is 5.11 Å². The third-order valence-corrected chi connectivity index (χ3v) is 3.77. The van der Waals surface area contributed by atoms with Crippen molar-refractivity contribution in [2.24, 2.45) is 0 Å². The highest BCUT2D eigenvalue weighted by atomic mass is 35.5. The molecule has 1 unspecified atom stereocenters. The average Bonchev–Trinajstić information content (AvgIpc) is 2.49. The quantitative estimate of drug-likeness (QED) is 0.871. The lowest BCUT2D eigenvalue weighted by atomic mass is 9.85. The summed E-state index contributed by atoms with van der Waals surface area (Å²) in [6, 6.07) is 20.5. The maximum absolute atomic E-state index is 10.5. The molecule has 2 rings (SSSR count). The third-order valence-electron chi connectivity index (χ3n) is 3.15. The van der Waals surface area contributed by atoms with E-state index in [9.17, 15) is 5.11 Å². The Bertz CT molecular complexity index is 553. The number of hydrogen-bond acceptors (Lipinski definition) is 2. The van der Waals surface area contributed by atoms with Crippen LogP contribution in [0.2, 0.25) is 0 Å². The molecule has 2 aromatic rings. The monoisotopic (exact) mass is 305 g/mol. The minimum atomic E-state index is -1.86. The van der Waals surface area contributed by atoms with Gasteiger partial charge in [0.2, 0.25) is 4.33 Å². The van der Waals surface area contributed by atoms with Crippen LogP contribution in [0.1, 0.15) is 17.0 Å². The molecule has 0 spiro atoms. The lowest BCUT2D eigenvalue weighted by molar-refractivity contribution is 0.153. The fraction of sp³-hybridized carbons (Fsp3) is 0.188. The van der Waals surface area contributed by atoms with Gasteiger partial charge in [0.1, 0.15) is 12.2 Å². The van der Waals surface area contributed by atoms with Gasteiger partial charge in [-0.2, -0.15) is 5.26 Å². The van der Waals surface area contributed by atoms with E-state index >= 15 is 0 Å². The van der Waals surface area contributed by atoms with Gasteiger partial charge in [-0.1, -0.05) is 83.9 Å². The molecule has 0 heterocycles. The van der Waals surface area contributed by atoms with Crippen molar-refractivity contribution in [1.29, 1.82) is 5.26 Å². The Hall–Kier alpha value is -1.53. The first kappa shape index (κ1) is 14.9. The van der Waals surface area contributed by atoms with Crippen molar-refractivity contribution in [1.82, 2.24) is 0 Å². The van der Waals surface area contributed by atoms with Gasteiger partial charge >= 0.3 is 0 Å². The van der Waals surface area contributed by atoms with E-state index in [0.717, 1.165) is 11.1 Å². The molecule has 4 heteroatoms. The SMILES string of the molecule is N#CC(Cl)(Cl)C(O)C(c1ccccc1)c1ccccc1. The molecule has 0 amide bonds. The highest BCUT2D eigenvalue weighted by Gasteiger charge is 2.40. The van der Waals surface area contributed by atoms with Crippen LogP contribution in [-0.2, 0) is 0 Å². The first-order valence-electron chi connectivity index (χ1n) is 6.13. The molecule has 20 heavy (non-hydrogen) atoms. The van der Waals surface area contributed by atoms with E-state index in [0.29, 0.717) is 0 Å². The van der Waals surface area contributed by atoms with Gasteiger partial charge in [-0.3, -0.25) is 0 Å². The van der Waals surface area contributed by atoms with Crippen molar-refractivity contribution in [2.75, 3.05) is 0 Å². The molecular weight excluding hydrogens is 293 g/mol. The summed E-state index contributed by atoms with van der Waals surface area (Å²) in [5.41, 5.74) is 1.71. The summed E-state index contributed by atoms with van der Waals surface area (Å²) in [4.78, 5) is 0. The van der Waals surface area contributed by atoms with Crippen LogP contribution in [0, 0.1) is 11.3 Å². The Labute approximate surface area is 128 Å². The van der Waals surface area contributed by atoms with Gasteiger partial charge in [-0.25, -0.2) is 0 Å². The van der Waals surface area contributed by atoms with Gasteiger partial charge in [-0.15, -0.1) is 0 Å². The minimum Gasteiger partial charge on any atom is -0.388 e. The molecule has 0 bridgehead atoms. The van der Waals surface area contributed by atoms with Crippen LogP contribution < -0.4 is 0 Å². The van der Waals surface area contributed by atoms with Gasteiger partial charge in [0.15, 0.2) is 0 Å². The summed E-state index contributed by atoms with van der Waals surface area (Å²) in [6.07, 6.45) is -1.24. The first-order valence-corrected chi connectivity index (χ1v) is 6.89. The Morgan fingerprint density at radius 2 is 1.30 bits per heavy atom. The van der Waals surface area contributed by atoms with Crippen molar-refractivity contribution in [3.8, 4) is 6.07 Å². The largest absolute Gasteiger partial charge is 0.388 e. The second-order valence-electron chi connectivity index (χ2n) is 4.48. The molecule has 0 saturated carbocycles. The van der Waals surface area contributed by atoms with Crippen LogP contribution in [0.5, 0.6) is 0 Å². The number of alkyl halides is 2. The Kier molecular flexibility index (Phi) is 4.67. The molecule has 2 nitrogen and oxygen atoms in total. The topological polar surface area (TPSA) is 44.0 Å². The average molecular weight is 306 g/mol. The normalized spacial score (nSPS) is 12.9.